The zero-order chi connectivity index (χ0) is 15.1. The van der Waals surface area contributed by atoms with Crippen LogP contribution in [0, 0.1) is 6.92 Å². The third-order valence-corrected chi connectivity index (χ3v) is 4.17. The number of ether oxygens (including phenoxy) is 1. The van der Waals surface area contributed by atoms with Gasteiger partial charge in [-0.25, -0.2) is 0 Å². The summed E-state index contributed by atoms with van der Waals surface area (Å²) in [5.41, 5.74) is 2.53. The van der Waals surface area contributed by atoms with Crippen LogP contribution in [0.25, 0.3) is 0 Å². The van der Waals surface area contributed by atoms with Gasteiger partial charge < -0.3 is 10.1 Å². The van der Waals surface area contributed by atoms with Crippen LogP contribution in [0.5, 0.6) is 5.75 Å². The molecule has 3 heteroatoms. The Morgan fingerprint density at radius 2 is 1.90 bits per heavy atom. The van der Waals surface area contributed by atoms with Crippen molar-refractivity contribution in [3.05, 3.63) is 59.7 Å². The van der Waals surface area contributed by atoms with Gasteiger partial charge in [0.2, 0.25) is 0 Å². The van der Waals surface area contributed by atoms with Crippen molar-refractivity contribution in [3.63, 3.8) is 0 Å². The lowest BCUT2D eigenvalue weighted by Gasteiger charge is -2.15. The number of hydrogen-bond acceptors (Lipinski definition) is 3. The summed E-state index contributed by atoms with van der Waals surface area (Å²) in [6.07, 6.45) is 2.10. The van der Waals surface area contributed by atoms with Gasteiger partial charge in [-0.15, -0.1) is 11.8 Å². The van der Waals surface area contributed by atoms with Gasteiger partial charge >= 0.3 is 0 Å². The van der Waals surface area contributed by atoms with Crippen LogP contribution in [0.15, 0.2) is 53.4 Å². The van der Waals surface area contributed by atoms with Gasteiger partial charge in [0.15, 0.2) is 0 Å². The molecule has 0 aliphatic rings. The minimum Gasteiger partial charge on any atom is -0.492 e. The van der Waals surface area contributed by atoms with E-state index in [0.717, 1.165) is 12.3 Å². The highest BCUT2D eigenvalue weighted by atomic mass is 32.2. The molecule has 2 nitrogen and oxygen atoms in total. The third kappa shape index (κ3) is 5.10. The van der Waals surface area contributed by atoms with Crippen molar-refractivity contribution < 1.29 is 4.74 Å². The minimum atomic E-state index is 0.335. The van der Waals surface area contributed by atoms with Crippen LogP contribution in [-0.4, -0.2) is 19.4 Å². The molecule has 0 aliphatic carbocycles. The summed E-state index contributed by atoms with van der Waals surface area (Å²) in [5, 5.41) is 3.49. The van der Waals surface area contributed by atoms with E-state index in [9.17, 15) is 0 Å². The summed E-state index contributed by atoms with van der Waals surface area (Å²) in [6.45, 7) is 5.77. The Labute approximate surface area is 131 Å². The molecule has 0 spiro atoms. The molecule has 2 aromatic rings. The first-order valence-corrected chi connectivity index (χ1v) is 8.48. The number of thioether (sulfide) groups is 1. The van der Waals surface area contributed by atoms with E-state index in [0.29, 0.717) is 12.6 Å². The second kappa shape index (κ2) is 8.11. The molecule has 2 aromatic carbocycles. The smallest absolute Gasteiger partial charge is 0.119 e. The first-order valence-electron chi connectivity index (χ1n) is 7.26. The van der Waals surface area contributed by atoms with E-state index in [1.807, 2.05) is 12.1 Å². The van der Waals surface area contributed by atoms with Crippen molar-refractivity contribution in [2.24, 2.45) is 0 Å². The molecular formula is C18H23NOS. The number of aryl methyl sites for hydroxylation is 1. The highest BCUT2D eigenvalue weighted by Crippen LogP contribution is 2.18. The largest absolute Gasteiger partial charge is 0.492 e. The summed E-state index contributed by atoms with van der Waals surface area (Å²) in [4.78, 5) is 1.30. The maximum atomic E-state index is 5.74. The van der Waals surface area contributed by atoms with E-state index in [2.05, 4.69) is 61.8 Å². The van der Waals surface area contributed by atoms with Crippen LogP contribution < -0.4 is 10.1 Å². The van der Waals surface area contributed by atoms with E-state index in [1.54, 1.807) is 11.8 Å². The van der Waals surface area contributed by atoms with Crippen molar-refractivity contribution >= 4 is 11.8 Å². The van der Waals surface area contributed by atoms with Crippen molar-refractivity contribution in [3.8, 4) is 5.75 Å². The van der Waals surface area contributed by atoms with Crippen LogP contribution >= 0.6 is 11.8 Å². The molecule has 1 atom stereocenters. The third-order valence-electron chi connectivity index (χ3n) is 3.43. The number of rotatable bonds is 7. The molecule has 0 heterocycles. The van der Waals surface area contributed by atoms with Crippen molar-refractivity contribution in [1.29, 1.82) is 0 Å². The zero-order valence-electron chi connectivity index (χ0n) is 12.9. The van der Waals surface area contributed by atoms with E-state index in [4.69, 9.17) is 4.74 Å². The lowest BCUT2D eigenvalue weighted by Crippen LogP contribution is -2.24. The van der Waals surface area contributed by atoms with Gasteiger partial charge in [0.1, 0.15) is 12.4 Å². The highest BCUT2D eigenvalue weighted by molar-refractivity contribution is 7.98. The number of benzene rings is 2. The monoisotopic (exact) mass is 301 g/mol. The van der Waals surface area contributed by atoms with E-state index < -0.39 is 0 Å². The Kier molecular flexibility index (Phi) is 6.15. The van der Waals surface area contributed by atoms with Crippen LogP contribution in [0.4, 0.5) is 0 Å². The Morgan fingerprint density at radius 1 is 1.14 bits per heavy atom. The molecule has 0 aromatic heterocycles. The van der Waals surface area contributed by atoms with Crippen molar-refractivity contribution in [1.82, 2.24) is 5.32 Å². The normalized spacial score (nSPS) is 12.1. The molecule has 0 fully saturated rings. The second-order valence-electron chi connectivity index (χ2n) is 5.11. The van der Waals surface area contributed by atoms with Crippen molar-refractivity contribution in [2.45, 2.75) is 24.8 Å². The molecule has 0 saturated carbocycles. The topological polar surface area (TPSA) is 21.3 Å². The van der Waals surface area contributed by atoms with Crippen molar-refractivity contribution in [2.75, 3.05) is 19.4 Å². The first-order chi connectivity index (χ1) is 10.2. The van der Waals surface area contributed by atoms with Gasteiger partial charge in [-0.3, -0.25) is 0 Å². The van der Waals surface area contributed by atoms with Gasteiger partial charge in [-0.05, 0) is 55.5 Å². The molecule has 1 N–H and O–H groups in total. The Hall–Kier alpha value is -1.45. The van der Waals surface area contributed by atoms with Crippen LogP contribution in [0.2, 0.25) is 0 Å². The minimum absolute atomic E-state index is 0.335. The molecule has 1 unspecified atom stereocenters. The lowest BCUT2D eigenvalue weighted by molar-refractivity contribution is 0.307. The Bertz CT molecular complexity index is 553. The first kappa shape index (κ1) is 15.9. The van der Waals surface area contributed by atoms with Gasteiger partial charge in [0.05, 0.1) is 0 Å². The SMILES string of the molecule is CSc1ccc(C(C)NCCOc2cccc(C)c2)cc1. The molecule has 112 valence electrons. The molecule has 21 heavy (non-hydrogen) atoms. The standard InChI is InChI=1S/C18H23NOS/c1-14-5-4-6-17(13-14)20-12-11-19-15(2)16-7-9-18(21-3)10-8-16/h4-10,13,15,19H,11-12H2,1-3H3. The quantitative estimate of drug-likeness (QED) is 0.603. The summed E-state index contributed by atoms with van der Waals surface area (Å²) >= 11 is 1.77. The van der Waals surface area contributed by atoms with E-state index in [1.165, 1.54) is 16.0 Å². The molecule has 2 rings (SSSR count). The molecule has 0 radical (unpaired) electrons. The fourth-order valence-corrected chi connectivity index (χ4v) is 2.57. The zero-order valence-corrected chi connectivity index (χ0v) is 13.7. The van der Waals surface area contributed by atoms with Gasteiger partial charge in [0.25, 0.3) is 0 Å². The lowest BCUT2D eigenvalue weighted by atomic mass is 10.1. The summed E-state index contributed by atoms with van der Waals surface area (Å²) in [6, 6.07) is 17.2. The predicted molar refractivity (Wildman–Crippen MR) is 91.3 cm³/mol. The maximum Gasteiger partial charge on any atom is 0.119 e. The summed E-state index contributed by atoms with van der Waals surface area (Å²) in [5.74, 6) is 0.939. The van der Waals surface area contributed by atoms with Crippen LogP contribution in [-0.2, 0) is 0 Å². The second-order valence-corrected chi connectivity index (χ2v) is 5.99. The van der Waals surface area contributed by atoms with E-state index in [-0.39, 0.29) is 0 Å². The molecule has 0 bridgehead atoms. The summed E-state index contributed by atoms with van der Waals surface area (Å²) < 4.78 is 5.74. The highest BCUT2D eigenvalue weighted by Gasteiger charge is 2.04. The number of nitrogens with one attached hydrogen (secondary N) is 1. The average Bonchev–Trinajstić information content (AvgIpc) is 2.51. The van der Waals surface area contributed by atoms with Gasteiger partial charge in [-0.1, -0.05) is 24.3 Å². The molecule has 0 saturated heterocycles. The fraction of sp³-hybridized carbons (Fsp3) is 0.333. The van der Waals surface area contributed by atoms with Crippen LogP contribution in [0.1, 0.15) is 24.1 Å². The van der Waals surface area contributed by atoms with E-state index >= 15 is 0 Å². The number of hydrogen-bond donors (Lipinski definition) is 1. The molecular weight excluding hydrogens is 278 g/mol. The predicted octanol–water partition coefficient (Wildman–Crippen LogP) is 4.45. The Balaban J connectivity index is 1.74. The maximum absolute atomic E-state index is 5.74. The van der Waals surface area contributed by atoms with Crippen LogP contribution in [0.3, 0.4) is 0 Å². The average molecular weight is 301 g/mol. The van der Waals surface area contributed by atoms with Gasteiger partial charge in [0, 0.05) is 17.5 Å². The van der Waals surface area contributed by atoms with Gasteiger partial charge in [-0.2, -0.15) is 0 Å². The Morgan fingerprint density at radius 3 is 2.57 bits per heavy atom. The molecule has 0 aliphatic heterocycles. The summed E-state index contributed by atoms with van der Waals surface area (Å²) in [7, 11) is 0. The fourth-order valence-electron chi connectivity index (χ4n) is 2.16. The molecule has 0 amide bonds.